The molecule has 128 valence electrons. The molecular weight excluding hydrogens is 319 g/mol. The Morgan fingerprint density at radius 1 is 1.25 bits per heavy atom. The van der Waals surface area contributed by atoms with E-state index in [1.165, 1.54) is 10.9 Å². The summed E-state index contributed by atoms with van der Waals surface area (Å²) in [5.74, 6) is 0. The lowest BCUT2D eigenvalue weighted by atomic mass is 10.1. The van der Waals surface area contributed by atoms with Crippen molar-refractivity contribution >= 4 is 11.0 Å². The number of alkyl halides is 3. The van der Waals surface area contributed by atoms with Crippen LogP contribution in [-0.4, -0.2) is 24.5 Å². The fourth-order valence-corrected chi connectivity index (χ4v) is 2.74. The van der Waals surface area contributed by atoms with Gasteiger partial charge in [0.25, 0.3) is 0 Å². The summed E-state index contributed by atoms with van der Waals surface area (Å²) in [6.45, 7) is 4.15. The van der Waals surface area contributed by atoms with E-state index < -0.39 is 11.7 Å². The minimum Gasteiger partial charge on any atom is -0.275 e. The predicted molar refractivity (Wildman–Crippen MR) is 84.4 cm³/mol. The van der Waals surface area contributed by atoms with Crippen LogP contribution in [-0.2, 0) is 19.8 Å². The van der Waals surface area contributed by atoms with Gasteiger partial charge in [-0.2, -0.15) is 23.4 Å². The van der Waals surface area contributed by atoms with Gasteiger partial charge in [0.1, 0.15) is 0 Å². The molecule has 0 unspecified atom stereocenters. The standard InChI is InChI=1S/C16H18F3N5/c1-4-5-6-24-15-14(10(2)22-24)12(16(17,18)19)7-13(21-15)11-8-20-23(3)9-11/h7-9H,4-6H2,1-3H3. The molecule has 5 nitrogen and oxygen atoms in total. The molecule has 3 aromatic rings. The zero-order valence-electron chi connectivity index (χ0n) is 13.7. The van der Waals surface area contributed by atoms with Gasteiger partial charge >= 0.3 is 6.18 Å². The number of fused-ring (bicyclic) bond motifs is 1. The van der Waals surface area contributed by atoms with E-state index in [1.54, 1.807) is 24.9 Å². The van der Waals surface area contributed by atoms with Crippen LogP contribution in [0.4, 0.5) is 13.2 Å². The number of halogens is 3. The zero-order valence-corrected chi connectivity index (χ0v) is 13.7. The Morgan fingerprint density at radius 2 is 2.00 bits per heavy atom. The van der Waals surface area contributed by atoms with Gasteiger partial charge in [0.05, 0.1) is 28.5 Å². The van der Waals surface area contributed by atoms with Crippen molar-refractivity contribution in [2.24, 2.45) is 7.05 Å². The molecule has 0 aliphatic heterocycles. The first-order chi connectivity index (χ1) is 11.3. The van der Waals surface area contributed by atoms with Crippen molar-refractivity contribution in [3.63, 3.8) is 0 Å². The van der Waals surface area contributed by atoms with E-state index >= 15 is 0 Å². The van der Waals surface area contributed by atoms with Crippen molar-refractivity contribution in [2.45, 2.75) is 39.4 Å². The highest BCUT2D eigenvalue weighted by Crippen LogP contribution is 2.38. The highest BCUT2D eigenvalue weighted by molar-refractivity contribution is 5.85. The lowest BCUT2D eigenvalue weighted by Crippen LogP contribution is -2.08. The monoisotopic (exact) mass is 337 g/mol. The van der Waals surface area contributed by atoms with Gasteiger partial charge < -0.3 is 0 Å². The molecule has 3 aromatic heterocycles. The molecule has 0 aromatic carbocycles. The molecule has 0 N–H and O–H groups in total. The topological polar surface area (TPSA) is 48.5 Å². The molecule has 8 heteroatoms. The second-order valence-electron chi connectivity index (χ2n) is 5.82. The third-order valence-electron chi connectivity index (χ3n) is 3.91. The summed E-state index contributed by atoms with van der Waals surface area (Å²) in [7, 11) is 1.71. The van der Waals surface area contributed by atoms with Crippen molar-refractivity contribution in [3.05, 3.63) is 29.7 Å². The normalized spacial score (nSPS) is 12.2. The second kappa shape index (κ2) is 5.92. The van der Waals surface area contributed by atoms with Crippen molar-refractivity contribution in [1.29, 1.82) is 0 Å². The fourth-order valence-electron chi connectivity index (χ4n) is 2.74. The van der Waals surface area contributed by atoms with Gasteiger partial charge in [0, 0.05) is 25.4 Å². The molecular formula is C16H18F3N5. The van der Waals surface area contributed by atoms with Crippen LogP contribution in [0.5, 0.6) is 0 Å². The summed E-state index contributed by atoms with van der Waals surface area (Å²) >= 11 is 0. The number of nitrogens with zero attached hydrogens (tertiary/aromatic N) is 5. The molecule has 24 heavy (non-hydrogen) atoms. The molecule has 3 rings (SSSR count). The molecule has 0 aliphatic rings. The summed E-state index contributed by atoms with van der Waals surface area (Å²) in [5.41, 5.74) is 0.714. The molecule has 0 radical (unpaired) electrons. The number of hydrogen-bond acceptors (Lipinski definition) is 3. The van der Waals surface area contributed by atoms with Crippen LogP contribution in [0.1, 0.15) is 31.0 Å². The molecule has 0 atom stereocenters. The third kappa shape index (κ3) is 2.88. The Bertz CT molecular complexity index is 876. The average molecular weight is 337 g/mol. The SMILES string of the molecule is CCCCn1nc(C)c2c(C(F)(F)F)cc(-c3cnn(C)c3)nc21. The largest absolute Gasteiger partial charge is 0.417 e. The zero-order chi connectivity index (χ0) is 17.5. The van der Waals surface area contributed by atoms with Crippen LogP contribution in [0.2, 0.25) is 0 Å². The van der Waals surface area contributed by atoms with Gasteiger partial charge in [-0.05, 0) is 19.4 Å². The predicted octanol–water partition coefficient (Wildman–Crippen LogP) is 3.96. The summed E-state index contributed by atoms with van der Waals surface area (Å²) in [6.07, 6.45) is 0.439. The molecule has 0 saturated heterocycles. The van der Waals surface area contributed by atoms with Crippen molar-refractivity contribution < 1.29 is 13.2 Å². The van der Waals surface area contributed by atoms with E-state index in [0.29, 0.717) is 17.8 Å². The van der Waals surface area contributed by atoms with Crippen LogP contribution in [0.25, 0.3) is 22.3 Å². The first-order valence-corrected chi connectivity index (χ1v) is 7.75. The number of unbranched alkanes of at least 4 members (excludes halogenated alkanes) is 1. The van der Waals surface area contributed by atoms with E-state index in [9.17, 15) is 13.2 Å². The van der Waals surface area contributed by atoms with Gasteiger partial charge in [-0.15, -0.1) is 0 Å². The van der Waals surface area contributed by atoms with Gasteiger partial charge in [0.15, 0.2) is 5.65 Å². The maximum Gasteiger partial charge on any atom is 0.417 e. The molecule has 0 fully saturated rings. The average Bonchev–Trinajstić information content (AvgIpc) is 3.08. The van der Waals surface area contributed by atoms with Crippen molar-refractivity contribution in [3.8, 4) is 11.3 Å². The van der Waals surface area contributed by atoms with E-state index in [0.717, 1.165) is 18.9 Å². The second-order valence-corrected chi connectivity index (χ2v) is 5.82. The molecule has 0 bridgehead atoms. The number of hydrogen-bond donors (Lipinski definition) is 0. The van der Waals surface area contributed by atoms with Crippen LogP contribution in [0.3, 0.4) is 0 Å². The lowest BCUT2D eigenvalue weighted by molar-refractivity contribution is -0.136. The van der Waals surface area contributed by atoms with Crippen LogP contribution < -0.4 is 0 Å². The van der Waals surface area contributed by atoms with Gasteiger partial charge in [-0.1, -0.05) is 13.3 Å². The minimum atomic E-state index is -4.47. The number of rotatable bonds is 4. The fraction of sp³-hybridized carbons (Fsp3) is 0.438. The summed E-state index contributed by atoms with van der Waals surface area (Å²) < 4.78 is 43.8. The van der Waals surface area contributed by atoms with Crippen molar-refractivity contribution in [2.75, 3.05) is 0 Å². The number of pyridine rings is 1. The smallest absolute Gasteiger partial charge is 0.275 e. The third-order valence-corrected chi connectivity index (χ3v) is 3.91. The molecule has 0 amide bonds. The highest BCUT2D eigenvalue weighted by Gasteiger charge is 2.35. The van der Waals surface area contributed by atoms with Crippen LogP contribution in [0, 0.1) is 6.92 Å². The molecule has 0 spiro atoms. The Labute approximate surface area is 137 Å². The quantitative estimate of drug-likeness (QED) is 0.724. The number of aromatic nitrogens is 5. The van der Waals surface area contributed by atoms with E-state index in [2.05, 4.69) is 15.2 Å². The summed E-state index contributed by atoms with van der Waals surface area (Å²) in [6, 6.07) is 1.08. The van der Waals surface area contributed by atoms with Gasteiger partial charge in [-0.25, -0.2) is 9.67 Å². The lowest BCUT2D eigenvalue weighted by Gasteiger charge is -2.11. The van der Waals surface area contributed by atoms with E-state index in [1.807, 2.05) is 6.92 Å². The summed E-state index contributed by atoms with van der Waals surface area (Å²) in [4.78, 5) is 4.45. The first-order valence-electron chi connectivity index (χ1n) is 7.75. The maximum atomic E-state index is 13.6. The molecule has 3 heterocycles. The first kappa shape index (κ1) is 16.5. The number of aryl methyl sites for hydroxylation is 3. The Morgan fingerprint density at radius 3 is 2.58 bits per heavy atom. The van der Waals surface area contributed by atoms with E-state index in [4.69, 9.17) is 0 Å². The van der Waals surface area contributed by atoms with Crippen LogP contribution >= 0.6 is 0 Å². The minimum absolute atomic E-state index is 0.0752. The summed E-state index contributed by atoms with van der Waals surface area (Å²) in [5, 5.41) is 8.37. The van der Waals surface area contributed by atoms with Crippen LogP contribution in [0.15, 0.2) is 18.5 Å². The van der Waals surface area contributed by atoms with Gasteiger partial charge in [0.2, 0.25) is 0 Å². The Hall–Kier alpha value is -2.38. The molecule has 0 aliphatic carbocycles. The van der Waals surface area contributed by atoms with Gasteiger partial charge in [-0.3, -0.25) is 4.68 Å². The Kier molecular flexibility index (Phi) is 4.06. The van der Waals surface area contributed by atoms with Crippen molar-refractivity contribution in [1.82, 2.24) is 24.5 Å². The highest BCUT2D eigenvalue weighted by atomic mass is 19.4. The Balaban J connectivity index is 2.28. The molecule has 0 saturated carbocycles. The maximum absolute atomic E-state index is 13.6. The van der Waals surface area contributed by atoms with E-state index in [-0.39, 0.29) is 16.7 Å².